The number of nitrogens with two attached hydrogens (primary N) is 1. The molecule has 0 aromatic carbocycles. The van der Waals surface area contributed by atoms with Gasteiger partial charge in [-0.1, -0.05) is 0 Å². The average molecular weight is 489 g/mol. The zero-order valence-corrected chi connectivity index (χ0v) is 17.9. The number of ether oxygens (including phenoxy) is 4. The summed E-state index contributed by atoms with van der Waals surface area (Å²) >= 11 is 0. The normalized spacial score (nSPS) is 43.6. The molecule has 15 nitrogen and oxygen atoms in total. The number of rotatable bonds is 10. The van der Waals surface area contributed by atoms with E-state index in [1.54, 1.807) is 0 Å². The van der Waals surface area contributed by atoms with Crippen LogP contribution in [0, 0.1) is 0 Å². The molecule has 33 heavy (non-hydrogen) atoms. The van der Waals surface area contributed by atoms with Crippen molar-refractivity contribution in [3.05, 3.63) is 0 Å². The van der Waals surface area contributed by atoms with Gasteiger partial charge in [-0.05, 0) is 6.92 Å². The van der Waals surface area contributed by atoms with Gasteiger partial charge in [0.1, 0.15) is 61.0 Å². The Kier molecular flexibility index (Phi) is 10.7. The highest BCUT2D eigenvalue weighted by Crippen LogP contribution is 2.29. The number of aliphatic hydroxyl groups excluding tert-OH is 10. The zero-order chi connectivity index (χ0) is 25.0. The van der Waals surface area contributed by atoms with Crippen molar-refractivity contribution in [3.63, 3.8) is 0 Å². The summed E-state index contributed by atoms with van der Waals surface area (Å²) in [5, 5.41) is 99.2. The van der Waals surface area contributed by atoms with Crippen molar-refractivity contribution in [1.82, 2.24) is 0 Å². The van der Waals surface area contributed by atoms with Gasteiger partial charge in [-0.3, -0.25) is 0 Å². The molecule has 14 atom stereocenters. The molecular weight excluding hydrogens is 454 g/mol. The summed E-state index contributed by atoms with van der Waals surface area (Å²) in [4.78, 5) is 0. The summed E-state index contributed by atoms with van der Waals surface area (Å²) in [6.45, 7) is -0.352. The molecule has 0 aliphatic carbocycles. The second kappa shape index (κ2) is 12.4. The van der Waals surface area contributed by atoms with E-state index in [-0.39, 0.29) is 6.54 Å². The molecule has 0 aromatic heterocycles. The van der Waals surface area contributed by atoms with E-state index >= 15 is 0 Å². The fraction of sp³-hybridized carbons (Fsp3) is 1.00. The molecule has 0 unspecified atom stereocenters. The maximum Gasteiger partial charge on any atom is 0.187 e. The molecule has 2 heterocycles. The van der Waals surface area contributed by atoms with Crippen LogP contribution < -0.4 is 5.73 Å². The highest BCUT2D eigenvalue weighted by atomic mass is 16.7. The van der Waals surface area contributed by atoms with Crippen LogP contribution in [0.15, 0.2) is 0 Å². The second-order valence-electron chi connectivity index (χ2n) is 8.17. The van der Waals surface area contributed by atoms with Gasteiger partial charge in [-0.25, -0.2) is 0 Å². The van der Waals surface area contributed by atoms with E-state index in [4.69, 9.17) is 24.7 Å². The van der Waals surface area contributed by atoms with Gasteiger partial charge in [-0.2, -0.15) is 0 Å². The molecule has 15 heteroatoms. The van der Waals surface area contributed by atoms with E-state index in [0.29, 0.717) is 0 Å². The summed E-state index contributed by atoms with van der Waals surface area (Å²) < 4.78 is 21.3. The predicted molar refractivity (Wildman–Crippen MR) is 104 cm³/mol. The molecule has 0 amide bonds. The maximum atomic E-state index is 10.6. The van der Waals surface area contributed by atoms with E-state index < -0.39 is 99.0 Å². The Morgan fingerprint density at radius 3 is 1.97 bits per heavy atom. The molecule has 2 rings (SSSR count). The first kappa shape index (κ1) is 28.6. The molecule has 2 saturated heterocycles. The first-order valence-corrected chi connectivity index (χ1v) is 10.5. The van der Waals surface area contributed by atoms with E-state index in [0.717, 1.165) is 0 Å². The van der Waals surface area contributed by atoms with Crippen LogP contribution in [0.2, 0.25) is 0 Å². The molecule has 2 aliphatic rings. The molecular formula is C18H35NO14. The summed E-state index contributed by atoms with van der Waals surface area (Å²) in [5.74, 6) is 0. The number of hydrogen-bond acceptors (Lipinski definition) is 15. The summed E-state index contributed by atoms with van der Waals surface area (Å²) in [5.41, 5.74) is 5.19. The van der Waals surface area contributed by atoms with Crippen LogP contribution in [0.1, 0.15) is 6.92 Å². The van der Waals surface area contributed by atoms with Crippen molar-refractivity contribution < 1.29 is 70.0 Å². The Morgan fingerprint density at radius 2 is 1.39 bits per heavy atom. The SMILES string of the molecule is C[C@@H]1O[C@H](OC[C@@H](O)[C@@H](O)[C@H](O)[C@H](O)CN)[C@@H](O)[C@H](O[C@@H]2O[C@H](CO)[C@H](O)[C@H](O)[C@H]2O)[C@@H]1O. The Morgan fingerprint density at radius 1 is 0.788 bits per heavy atom. The van der Waals surface area contributed by atoms with Crippen LogP contribution >= 0.6 is 0 Å². The molecule has 2 aliphatic heterocycles. The van der Waals surface area contributed by atoms with Crippen molar-refractivity contribution >= 4 is 0 Å². The van der Waals surface area contributed by atoms with Crippen LogP contribution in [0.5, 0.6) is 0 Å². The van der Waals surface area contributed by atoms with Crippen LogP contribution in [0.25, 0.3) is 0 Å². The second-order valence-corrected chi connectivity index (χ2v) is 8.17. The molecule has 0 aromatic rings. The number of hydrogen-bond donors (Lipinski definition) is 11. The minimum atomic E-state index is -1.84. The van der Waals surface area contributed by atoms with Crippen molar-refractivity contribution in [2.75, 3.05) is 19.8 Å². The van der Waals surface area contributed by atoms with E-state index in [1.165, 1.54) is 6.92 Å². The van der Waals surface area contributed by atoms with Crippen molar-refractivity contribution in [2.45, 2.75) is 92.8 Å². The van der Waals surface area contributed by atoms with Gasteiger partial charge in [0, 0.05) is 6.54 Å². The minimum Gasteiger partial charge on any atom is -0.394 e. The standard InChI is InChI=1S/C18H35NO14/c1-5-9(23)16(33-18-14(28)13(27)12(26)8(3-20)32-18)15(29)17(31-5)30-4-7(22)11(25)10(24)6(21)2-19/h5-18,20-29H,2-4,19H2,1H3/t5-,6+,7+,8+,9+,10+,11+,12-,13-,14+,15-,16+,17-,18-/m0/s1. The lowest BCUT2D eigenvalue weighted by Crippen LogP contribution is -2.64. The fourth-order valence-electron chi connectivity index (χ4n) is 3.52. The van der Waals surface area contributed by atoms with Gasteiger partial charge in [-0.15, -0.1) is 0 Å². The monoisotopic (exact) mass is 489 g/mol. The Hall–Kier alpha value is -0.600. The molecule has 0 bridgehead atoms. The highest BCUT2D eigenvalue weighted by molar-refractivity contribution is 4.93. The zero-order valence-electron chi connectivity index (χ0n) is 17.9. The van der Waals surface area contributed by atoms with Crippen LogP contribution in [-0.4, -0.2) is 157 Å². The lowest BCUT2D eigenvalue weighted by molar-refractivity contribution is -0.358. The third-order valence-electron chi connectivity index (χ3n) is 5.73. The van der Waals surface area contributed by atoms with Gasteiger partial charge in [0.05, 0.1) is 25.4 Å². The molecule has 0 spiro atoms. The lowest BCUT2D eigenvalue weighted by atomic mass is 9.97. The summed E-state index contributed by atoms with van der Waals surface area (Å²) in [6.07, 6.45) is -22.1. The van der Waals surface area contributed by atoms with Gasteiger partial charge >= 0.3 is 0 Å². The van der Waals surface area contributed by atoms with Crippen LogP contribution in [0.4, 0.5) is 0 Å². The van der Waals surface area contributed by atoms with Gasteiger partial charge < -0.3 is 75.7 Å². The quantitative estimate of drug-likeness (QED) is 0.136. The maximum absolute atomic E-state index is 10.6. The minimum absolute atomic E-state index is 0.372. The van der Waals surface area contributed by atoms with E-state index in [2.05, 4.69) is 0 Å². The molecule has 0 radical (unpaired) electrons. The molecule has 2 fully saturated rings. The summed E-state index contributed by atoms with van der Waals surface area (Å²) in [7, 11) is 0. The Bertz CT molecular complexity index is 586. The number of aliphatic hydroxyl groups is 10. The van der Waals surface area contributed by atoms with Crippen molar-refractivity contribution in [1.29, 1.82) is 0 Å². The third kappa shape index (κ3) is 6.54. The third-order valence-corrected chi connectivity index (χ3v) is 5.73. The largest absolute Gasteiger partial charge is 0.394 e. The predicted octanol–water partition coefficient (Wildman–Crippen LogP) is -6.94. The Labute approximate surface area is 189 Å². The van der Waals surface area contributed by atoms with Gasteiger partial charge in [0.15, 0.2) is 12.6 Å². The van der Waals surface area contributed by atoms with E-state index in [9.17, 15) is 51.1 Å². The lowest BCUT2D eigenvalue weighted by Gasteiger charge is -2.45. The first-order chi connectivity index (χ1) is 15.4. The summed E-state index contributed by atoms with van der Waals surface area (Å²) in [6, 6.07) is 0. The Balaban J connectivity index is 2.03. The molecule has 196 valence electrons. The average Bonchev–Trinajstić information content (AvgIpc) is 2.81. The van der Waals surface area contributed by atoms with Gasteiger partial charge in [0.25, 0.3) is 0 Å². The van der Waals surface area contributed by atoms with E-state index in [1.807, 2.05) is 0 Å². The highest BCUT2D eigenvalue weighted by Gasteiger charge is 2.50. The smallest absolute Gasteiger partial charge is 0.187 e. The first-order valence-electron chi connectivity index (χ1n) is 10.5. The topological polar surface area (TPSA) is 265 Å². The molecule has 12 N–H and O–H groups in total. The van der Waals surface area contributed by atoms with Crippen LogP contribution in [0.3, 0.4) is 0 Å². The van der Waals surface area contributed by atoms with Gasteiger partial charge in [0.2, 0.25) is 0 Å². The van der Waals surface area contributed by atoms with Crippen molar-refractivity contribution in [3.8, 4) is 0 Å². The molecule has 0 saturated carbocycles. The fourth-order valence-corrected chi connectivity index (χ4v) is 3.52. The van der Waals surface area contributed by atoms with Crippen LogP contribution in [-0.2, 0) is 18.9 Å². The van der Waals surface area contributed by atoms with Crippen molar-refractivity contribution in [2.24, 2.45) is 5.73 Å².